The quantitative estimate of drug-likeness (QED) is 0.302. The molecular weight excluding hydrogens is 291 g/mol. The van der Waals surface area contributed by atoms with Crippen molar-refractivity contribution in [1.82, 2.24) is 0 Å². The largest absolute Gasteiger partial charge is 0.397 e. The van der Waals surface area contributed by atoms with E-state index in [0.29, 0.717) is 6.42 Å². The molecule has 0 amide bonds. The summed E-state index contributed by atoms with van der Waals surface area (Å²) in [5.41, 5.74) is 0. The predicted octanol–water partition coefficient (Wildman–Crippen LogP) is 3.32. The van der Waals surface area contributed by atoms with Crippen LogP contribution >= 0.6 is 0 Å². The molecule has 0 aliphatic heterocycles. The third kappa shape index (κ3) is 20.7. The summed E-state index contributed by atoms with van der Waals surface area (Å²) < 4.78 is 33.1. The molecule has 0 radical (unpaired) electrons. The fourth-order valence-corrected chi connectivity index (χ4v) is 2.44. The second-order valence-corrected chi connectivity index (χ2v) is 6.23. The Morgan fingerprint density at radius 3 is 1.45 bits per heavy atom. The molecule has 0 aliphatic carbocycles. The van der Waals surface area contributed by atoms with Crippen molar-refractivity contribution in [2.45, 2.75) is 84.0 Å². The maximum atomic E-state index is 10.3. The second kappa shape index (κ2) is 15.8. The molecule has 0 heterocycles. The fraction of sp³-hybridized carbons (Fsp3) is 1.00. The van der Waals surface area contributed by atoms with E-state index in [2.05, 4.69) is 11.1 Å². The van der Waals surface area contributed by atoms with Crippen LogP contribution in [0.2, 0.25) is 0 Å². The van der Waals surface area contributed by atoms with Crippen LogP contribution in [0.15, 0.2) is 0 Å². The van der Waals surface area contributed by atoms with E-state index < -0.39 is 10.4 Å². The summed E-state index contributed by atoms with van der Waals surface area (Å²) in [6.45, 7) is 2.33. The average molecular weight is 324 g/mol. The molecule has 0 aliphatic rings. The lowest BCUT2D eigenvalue weighted by atomic mass is 10.1. The normalized spacial score (nSPS) is 11.3. The highest BCUT2D eigenvalue weighted by Crippen LogP contribution is 2.11. The van der Waals surface area contributed by atoms with E-state index >= 15 is 0 Å². The van der Waals surface area contributed by atoms with E-state index in [1.807, 2.05) is 0 Å². The standard InChI is InChI=1S/C14H30O4S.Al.3H/c1-2-3-4-5-6-7-8-9-10-11-12-13-14-18-19(15,16)17;;;;/h2-14H2,1H3,(H,15,16,17);;;;. The zero-order chi connectivity index (χ0) is 14.4. The maximum Gasteiger partial charge on any atom is 0.397 e. The Morgan fingerprint density at radius 1 is 0.750 bits per heavy atom. The Labute approximate surface area is 135 Å². The van der Waals surface area contributed by atoms with Gasteiger partial charge in [0.05, 0.1) is 6.61 Å². The van der Waals surface area contributed by atoms with Gasteiger partial charge < -0.3 is 0 Å². The summed E-state index contributed by atoms with van der Waals surface area (Å²) in [6.07, 6.45) is 14.7. The number of unbranched alkanes of at least 4 members (excludes halogenated alkanes) is 11. The molecule has 4 nitrogen and oxygen atoms in total. The van der Waals surface area contributed by atoms with Gasteiger partial charge in [0.15, 0.2) is 17.4 Å². The van der Waals surface area contributed by atoms with Gasteiger partial charge >= 0.3 is 10.4 Å². The highest BCUT2D eigenvalue weighted by Gasteiger charge is 2.02. The van der Waals surface area contributed by atoms with Crippen LogP contribution in [-0.2, 0) is 14.6 Å². The molecule has 20 heavy (non-hydrogen) atoms. The van der Waals surface area contributed by atoms with Crippen LogP contribution in [0.1, 0.15) is 84.0 Å². The van der Waals surface area contributed by atoms with Crippen LogP contribution in [-0.4, -0.2) is 36.9 Å². The molecular formula is C14H33AlO4S. The van der Waals surface area contributed by atoms with Gasteiger partial charge in [-0.15, -0.1) is 0 Å². The van der Waals surface area contributed by atoms with E-state index in [-0.39, 0.29) is 24.0 Å². The maximum absolute atomic E-state index is 10.3. The van der Waals surface area contributed by atoms with Crippen LogP contribution in [0, 0.1) is 0 Å². The van der Waals surface area contributed by atoms with Crippen molar-refractivity contribution < 1.29 is 17.2 Å². The Balaban J connectivity index is 0. The average Bonchev–Trinajstić information content (AvgIpc) is 2.34. The van der Waals surface area contributed by atoms with Gasteiger partial charge in [-0.2, -0.15) is 8.42 Å². The molecule has 0 rings (SSSR count). The summed E-state index contributed by atoms with van der Waals surface area (Å²) in [5, 5.41) is 0. The molecule has 0 saturated carbocycles. The van der Waals surface area contributed by atoms with Gasteiger partial charge in [0.1, 0.15) is 0 Å². The van der Waals surface area contributed by atoms with Crippen molar-refractivity contribution in [3.63, 3.8) is 0 Å². The first-order valence-corrected chi connectivity index (χ1v) is 9.04. The fourth-order valence-electron chi connectivity index (χ4n) is 2.11. The zero-order valence-corrected chi connectivity index (χ0v) is 13.1. The Hall–Kier alpha value is 0.402. The second-order valence-electron chi connectivity index (χ2n) is 5.14. The minimum absolute atomic E-state index is 0. The van der Waals surface area contributed by atoms with Gasteiger partial charge in [0.25, 0.3) is 0 Å². The van der Waals surface area contributed by atoms with E-state index in [1.54, 1.807) is 0 Å². The van der Waals surface area contributed by atoms with Gasteiger partial charge in [0.2, 0.25) is 0 Å². The molecule has 0 unspecified atom stereocenters. The minimum atomic E-state index is -4.24. The molecule has 0 fully saturated rings. The monoisotopic (exact) mass is 324 g/mol. The van der Waals surface area contributed by atoms with Crippen molar-refractivity contribution in [1.29, 1.82) is 0 Å². The van der Waals surface area contributed by atoms with Gasteiger partial charge in [-0.05, 0) is 6.42 Å². The molecule has 0 aromatic heterocycles. The lowest BCUT2D eigenvalue weighted by molar-refractivity contribution is 0.261. The molecule has 0 bridgehead atoms. The minimum Gasteiger partial charge on any atom is -0.264 e. The van der Waals surface area contributed by atoms with E-state index in [4.69, 9.17) is 4.55 Å². The molecule has 0 saturated heterocycles. The molecule has 122 valence electrons. The third-order valence-corrected chi connectivity index (χ3v) is 3.69. The van der Waals surface area contributed by atoms with Gasteiger partial charge in [-0.3, -0.25) is 4.55 Å². The van der Waals surface area contributed by atoms with Crippen LogP contribution < -0.4 is 0 Å². The summed E-state index contributed by atoms with van der Waals surface area (Å²) in [4.78, 5) is 0. The van der Waals surface area contributed by atoms with E-state index in [1.165, 1.54) is 57.8 Å². The number of hydrogen-bond donors (Lipinski definition) is 1. The summed E-state index contributed by atoms with van der Waals surface area (Å²) in [6, 6.07) is 0. The predicted molar refractivity (Wildman–Crippen MR) is 88.5 cm³/mol. The first-order valence-electron chi connectivity index (χ1n) is 7.68. The number of rotatable bonds is 14. The SMILES string of the molecule is CCCCCCCCCCCCCCOS(=O)(=O)O.[AlH3]. The van der Waals surface area contributed by atoms with Gasteiger partial charge in [-0.1, -0.05) is 77.6 Å². The summed E-state index contributed by atoms with van der Waals surface area (Å²) >= 11 is 0. The first kappa shape index (κ1) is 22.7. The van der Waals surface area contributed by atoms with Crippen molar-refractivity contribution >= 4 is 27.8 Å². The van der Waals surface area contributed by atoms with Gasteiger partial charge in [-0.25, -0.2) is 4.18 Å². The van der Waals surface area contributed by atoms with Crippen LogP contribution in [0.25, 0.3) is 0 Å². The zero-order valence-electron chi connectivity index (χ0n) is 12.3. The van der Waals surface area contributed by atoms with E-state index in [0.717, 1.165) is 12.8 Å². The van der Waals surface area contributed by atoms with Crippen LogP contribution in [0.4, 0.5) is 0 Å². The first-order chi connectivity index (χ1) is 9.06. The Kier molecular flexibility index (Phi) is 17.9. The van der Waals surface area contributed by atoms with E-state index in [9.17, 15) is 8.42 Å². The van der Waals surface area contributed by atoms with Crippen molar-refractivity contribution in [2.24, 2.45) is 0 Å². The van der Waals surface area contributed by atoms with Crippen molar-refractivity contribution in [2.75, 3.05) is 6.61 Å². The molecule has 0 atom stereocenters. The lowest BCUT2D eigenvalue weighted by Gasteiger charge is -2.02. The highest BCUT2D eigenvalue weighted by atomic mass is 32.3. The Morgan fingerprint density at radius 2 is 1.10 bits per heavy atom. The molecule has 0 aromatic rings. The number of hydrogen-bond acceptors (Lipinski definition) is 3. The highest BCUT2D eigenvalue weighted by molar-refractivity contribution is 7.80. The third-order valence-electron chi connectivity index (χ3n) is 3.23. The lowest BCUT2D eigenvalue weighted by Crippen LogP contribution is -2.04. The summed E-state index contributed by atoms with van der Waals surface area (Å²) in [5.74, 6) is 0. The van der Waals surface area contributed by atoms with Crippen molar-refractivity contribution in [3.8, 4) is 0 Å². The molecule has 0 aromatic carbocycles. The molecule has 6 heteroatoms. The Bertz CT molecular complexity index is 281. The summed E-state index contributed by atoms with van der Waals surface area (Å²) in [7, 11) is -4.24. The molecule has 0 spiro atoms. The smallest absolute Gasteiger partial charge is 0.264 e. The van der Waals surface area contributed by atoms with Crippen molar-refractivity contribution in [3.05, 3.63) is 0 Å². The van der Waals surface area contributed by atoms with Crippen LogP contribution in [0.5, 0.6) is 0 Å². The topological polar surface area (TPSA) is 63.6 Å². The molecule has 1 N–H and O–H groups in total. The van der Waals surface area contributed by atoms with Crippen LogP contribution in [0.3, 0.4) is 0 Å². The van der Waals surface area contributed by atoms with Gasteiger partial charge in [0, 0.05) is 0 Å².